The number of amidine groups is 1. The van der Waals surface area contributed by atoms with Gasteiger partial charge >= 0.3 is 0 Å². The molecule has 1 aromatic carbocycles. The third-order valence-electron chi connectivity index (χ3n) is 3.18. The number of fused-ring (bicyclic) bond motifs is 1. The fourth-order valence-electron chi connectivity index (χ4n) is 2.22. The molecule has 0 aromatic heterocycles. The van der Waals surface area contributed by atoms with Crippen LogP contribution in [-0.4, -0.2) is 22.5 Å². The minimum atomic E-state index is -0.832. The summed E-state index contributed by atoms with van der Waals surface area (Å²) in [7, 11) is 0. The Morgan fingerprint density at radius 3 is 2.63 bits per heavy atom. The summed E-state index contributed by atoms with van der Waals surface area (Å²) in [5.41, 5.74) is 1.65. The number of benzene rings is 1. The minimum absolute atomic E-state index is 0.249. The van der Waals surface area contributed by atoms with Crippen LogP contribution in [0.25, 0.3) is 0 Å². The zero-order valence-electron chi connectivity index (χ0n) is 10.4. The number of aliphatic imine (C=N–C) groups is 1. The molecule has 0 saturated heterocycles. The van der Waals surface area contributed by atoms with Crippen molar-refractivity contribution in [2.75, 3.05) is 0 Å². The quantitative estimate of drug-likeness (QED) is 0.718. The first-order valence-electron chi connectivity index (χ1n) is 6.04. The van der Waals surface area contributed by atoms with Crippen LogP contribution in [0.3, 0.4) is 0 Å². The minimum Gasteiger partial charge on any atom is -0.273 e. The number of hydrogen-bond acceptors (Lipinski definition) is 2. The predicted molar refractivity (Wildman–Crippen MR) is 71.4 cm³/mol. The molecule has 19 heavy (non-hydrogen) atoms. The second-order valence-corrected chi connectivity index (χ2v) is 4.56. The summed E-state index contributed by atoms with van der Waals surface area (Å²) in [6, 6.07) is 9.02. The summed E-state index contributed by atoms with van der Waals surface area (Å²) in [4.78, 5) is 30.0. The van der Waals surface area contributed by atoms with Gasteiger partial charge in [0, 0.05) is 6.20 Å². The maximum Gasteiger partial charge on any atom is 0.264 e. The van der Waals surface area contributed by atoms with Crippen molar-refractivity contribution in [2.24, 2.45) is 4.99 Å². The zero-order chi connectivity index (χ0) is 13.4. The summed E-state index contributed by atoms with van der Waals surface area (Å²) in [6.07, 6.45) is 5.23. The molecule has 1 atom stereocenters. The summed E-state index contributed by atoms with van der Waals surface area (Å²) in [6.45, 7) is 1.90. The molecule has 4 nitrogen and oxygen atoms in total. The van der Waals surface area contributed by atoms with E-state index in [9.17, 15) is 9.59 Å². The van der Waals surface area contributed by atoms with Crippen molar-refractivity contribution in [3.8, 4) is 0 Å². The lowest BCUT2D eigenvalue weighted by molar-refractivity contribution is -0.134. The van der Waals surface area contributed by atoms with E-state index in [1.165, 1.54) is 4.90 Å². The van der Waals surface area contributed by atoms with Crippen LogP contribution < -0.4 is 0 Å². The lowest BCUT2D eigenvalue weighted by Crippen LogP contribution is -2.43. The molecule has 0 saturated carbocycles. The van der Waals surface area contributed by atoms with Crippen LogP contribution in [0, 0.1) is 0 Å². The lowest BCUT2D eigenvalue weighted by atomic mass is 9.95. The molecule has 0 aliphatic carbocycles. The molecule has 0 fully saturated rings. The normalized spacial score (nSPS) is 21.9. The highest BCUT2D eigenvalue weighted by Crippen LogP contribution is 2.26. The maximum atomic E-state index is 12.4. The smallest absolute Gasteiger partial charge is 0.264 e. The standard InChI is InChI=1S/C15H12N2O2/c1-10-7-8-17-12(9-10)16-14(18)13(15(17)19)11-5-3-2-4-6-11/h2-9,13H,1H3/t13-/m1/s1. The number of allylic oxidation sites excluding steroid dienone is 2. The second kappa shape index (κ2) is 4.31. The Balaban J connectivity index is 2.05. The van der Waals surface area contributed by atoms with Gasteiger partial charge in [-0.1, -0.05) is 30.3 Å². The molecule has 2 aliphatic heterocycles. The number of rotatable bonds is 1. The fourth-order valence-corrected chi connectivity index (χ4v) is 2.22. The van der Waals surface area contributed by atoms with Gasteiger partial charge in [0.15, 0.2) is 0 Å². The predicted octanol–water partition coefficient (Wildman–Crippen LogP) is 2.01. The molecule has 2 aliphatic rings. The van der Waals surface area contributed by atoms with Crippen molar-refractivity contribution in [3.63, 3.8) is 0 Å². The van der Waals surface area contributed by atoms with Gasteiger partial charge in [-0.25, -0.2) is 0 Å². The van der Waals surface area contributed by atoms with Crippen LogP contribution in [0.1, 0.15) is 18.4 Å². The zero-order valence-corrected chi connectivity index (χ0v) is 10.4. The summed E-state index contributed by atoms with van der Waals surface area (Å²) >= 11 is 0. The molecule has 0 spiro atoms. The lowest BCUT2D eigenvalue weighted by Gasteiger charge is -2.29. The molecule has 94 valence electrons. The topological polar surface area (TPSA) is 49.7 Å². The van der Waals surface area contributed by atoms with E-state index >= 15 is 0 Å². The third kappa shape index (κ3) is 1.91. The Bertz CT molecular complexity index is 641. The molecule has 2 heterocycles. The van der Waals surface area contributed by atoms with Crippen LogP contribution in [0.15, 0.2) is 59.2 Å². The highest BCUT2D eigenvalue weighted by Gasteiger charge is 2.37. The van der Waals surface area contributed by atoms with E-state index in [2.05, 4.69) is 4.99 Å². The van der Waals surface area contributed by atoms with E-state index in [4.69, 9.17) is 0 Å². The van der Waals surface area contributed by atoms with Gasteiger partial charge in [-0.15, -0.1) is 0 Å². The maximum absolute atomic E-state index is 12.4. The Labute approximate surface area is 110 Å². The van der Waals surface area contributed by atoms with E-state index in [1.807, 2.05) is 31.2 Å². The first-order chi connectivity index (χ1) is 9.16. The summed E-state index contributed by atoms with van der Waals surface area (Å²) in [5.74, 6) is -1.08. The molecule has 0 N–H and O–H groups in total. The van der Waals surface area contributed by atoms with Crippen molar-refractivity contribution in [1.82, 2.24) is 4.90 Å². The molecule has 1 aromatic rings. The van der Waals surface area contributed by atoms with Crippen molar-refractivity contribution in [2.45, 2.75) is 12.8 Å². The van der Waals surface area contributed by atoms with Crippen molar-refractivity contribution < 1.29 is 9.59 Å². The van der Waals surface area contributed by atoms with Crippen molar-refractivity contribution in [3.05, 3.63) is 59.8 Å². The molecule has 2 amide bonds. The van der Waals surface area contributed by atoms with Gasteiger partial charge in [-0.05, 0) is 30.2 Å². The van der Waals surface area contributed by atoms with E-state index in [-0.39, 0.29) is 5.91 Å². The van der Waals surface area contributed by atoms with Gasteiger partial charge in [-0.2, -0.15) is 4.99 Å². The summed E-state index contributed by atoms with van der Waals surface area (Å²) < 4.78 is 0. The van der Waals surface area contributed by atoms with Gasteiger partial charge in [0.25, 0.3) is 5.91 Å². The van der Waals surface area contributed by atoms with Crippen LogP contribution in [0.2, 0.25) is 0 Å². The number of nitrogens with zero attached hydrogens (tertiary/aromatic N) is 2. The molecule has 0 bridgehead atoms. The van der Waals surface area contributed by atoms with Gasteiger partial charge in [0.1, 0.15) is 11.8 Å². The molecule has 0 unspecified atom stereocenters. The van der Waals surface area contributed by atoms with Gasteiger partial charge < -0.3 is 0 Å². The first-order valence-corrected chi connectivity index (χ1v) is 6.04. The van der Waals surface area contributed by atoms with E-state index in [0.29, 0.717) is 11.4 Å². The van der Waals surface area contributed by atoms with Crippen LogP contribution in [0.4, 0.5) is 0 Å². The molecular weight excluding hydrogens is 240 g/mol. The van der Waals surface area contributed by atoms with Crippen LogP contribution in [-0.2, 0) is 9.59 Å². The van der Waals surface area contributed by atoms with E-state index in [0.717, 1.165) is 5.57 Å². The monoisotopic (exact) mass is 252 g/mol. The molecular formula is C15H12N2O2. The number of hydrogen-bond donors (Lipinski definition) is 0. The van der Waals surface area contributed by atoms with Gasteiger partial charge in [0.05, 0.1) is 0 Å². The Morgan fingerprint density at radius 2 is 1.89 bits per heavy atom. The highest BCUT2D eigenvalue weighted by atomic mass is 16.2. The van der Waals surface area contributed by atoms with Crippen LogP contribution >= 0.6 is 0 Å². The van der Waals surface area contributed by atoms with E-state index in [1.54, 1.807) is 24.4 Å². The Morgan fingerprint density at radius 1 is 1.16 bits per heavy atom. The third-order valence-corrected chi connectivity index (χ3v) is 3.18. The number of carbonyl (C=O) groups excluding carboxylic acids is 2. The van der Waals surface area contributed by atoms with Crippen LogP contribution in [0.5, 0.6) is 0 Å². The molecule has 0 radical (unpaired) electrons. The van der Waals surface area contributed by atoms with Crippen molar-refractivity contribution >= 4 is 17.6 Å². The Kier molecular flexibility index (Phi) is 2.63. The number of amides is 2. The first kappa shape index (κ1) is 11.6. The number of carbonyl (C=O) groups is 2. The summed E-state index contributed by atoms with van der Waals surface area (Å²) in [5, 5.41) is 0. The molecule has 3 rings (SSSR count). The Hall–Kier alpha value is -2.49. The van der Waals surface area contributed by atoms with E-state index < -0.39 is 11.8 Å². The SMILES string of the molecule is CC1=CC2=NC(=O)[C@@H](c3ccccc3)C(=O)N2C=C1. The largest absolute Gasteiger partial charge is 0.273 e. The van der Waals surface area contributed by atoms with Gasteiger partial charge in [-0.3, -0.25) is 14.5 Å². The second-order valence-electron chi connectivity index (χ2n) is 4.56. The highest BCUT2D eigenvalue weighted by molar-refractivity contribution is 6.22. The fraction of sp³-hybridized carbons (Fsp3) is 0.133. The average molecular weight is 252 g/mol. The van der Waals surface area contributed by atoms with Gasteiger partial charge in [0.2, 0.25) is 5.91 Å². The van der Waals surface area contributed by atoms with Crippen molar-refractivity contribution in [1.29, 1.82) is 0 Å². The molecule has 4 heteroatoms. The average Bonchev–Trinajstić information content (AvgIpc) is 2.39.